The Hall–Kier alpha value is -2.97. The highest BCUT2D eigenvalue weighted by Gasteiger charge is 2.54. The molecule has 0 unspecified atom stereocenters. The molecule has 10 heteroatoms. The van der Waals surface area contributed by atoms with Crippen LogP contribution in [0, 0.1) is 5.92 Å². The van der Waals surface area contributed by atoms with Crippen molar-refractivity contribution >= 4 is 52.4 Å². The topological polar surface area (TPSA) is 76.2 Å². The Morgan fingerprint density at radius 1 is 0.921 bits per heavy atom. The number of anilines is 2. The van der Waals surface area contributed by atoms with Gasteiger partial charge in [-0.2, -0.15) is 0 Å². The summed E-state index contributed by atoms with van der Waals surface area (Å²) >= 11 is 12.5. The zero-order valence-electron chi connectivity index (χ0n) is 21.5. The standard InChI is InChI=1S/C28H33Cl2N5O3/c1-20-10-14-32(15-11-20)24(36)18-34-19-35(21-6-3-2-4-7-21)28(26(34)37)12-16-33(17-13-28)27(38)31-25-22(29)8-5-9-23(25)30/h2-9,20H,10-19H2,1H3,(H,31,38). The Labute approximate surface area is 233 Å². The first-order valence-corrected chi connectivity index (χ1v) is 13.9. The van der Waals surface area contributed by atoms with Crippen LogP contribution in [0.3, 0.4) is 0 Å². The van der Waals surface area contributed by atoms with E-state index in [1.165, 1.54) is 0 Å². The second-order valence-corrected chi connectivity index (χ2v) is 11.3. The van der Waals surface area contributed by atoms with Crippen molar-refractivity contribution in [3.63, 3.8) is 0 Å². The molecule has 0 aliphatic carbocycles. The monoisotopic (exact) mass is 557 g/mol. The van der Waals surface area contributed by atoms with Gasteiger partial charge in [0.25, 0.3) is 5.91 Å². The maximum absolute atomic E-state index is 14.0. The fourth-order valence-corrected chi connectivity index (χ4v) is 6.22. The van der Waals surface area contributed by atoms with Gasteiger partial charge in [0.05, 0.1) is 22.4 Å². The van der Waals surface area contributed by atoms with E-state index in [1.807, 2.05) is 35.2 Å². The van der Waals surface area contributed by atoms with Crippen LogP contribution in [0.25, 0.3) is 0 Å². The number of halogens is 2. The quantitative estimate of drug-likeness (QED) is 0.578. The number of carbonyl (C=O) groups excluding carboxylic acids is 3. The number of urea groups is 1. The van der Waals surface area contributed by atoms with Crippen LogP contribution < -0.4 is 10.2 Å². The number of benzene rings is 2. The molecule has 1 spiro atoms. The molecule has 0 atom stereocenters. The molecular weight excluding hydrogens is 525 g/mol. The largest absolute Gasteiger partial charge is 0.341 e. The Bertz CT molecular complexity index is 1170. The zero-order valence-corrected chi connectivity index (χ0v) is 23.0. The molecule has 202 valence electrons. The lowest BCUT2D eigenvalue weighted by atomic mass is 9.85. The van der Waals surface area contributed by atoms with Gasteiger partial charge in [0.2, 0.25) is 5.91 Å². The second kappa shape index (κ2) is 11.0. The molecule has 38 heavy (non-hydrogen) atoms. The van der Waals surface area contributed by atoms with Gasteiger partial charge in [0, 0.05) is 31.9 Å². The van der Waals surface area contributed by atoms with E-state index in [1.54, 1.807) is 28.0 Å². The van der Waals surface area contributed by atoms with Crippen LogP contribution in [0.2, 0.25) is 10.0 Å². The van der Waals surface area contributed by atoms with E-state index in [2.05, 4.69) is 17.1 Å². The summed E-state index contributed by atoms with van der Waals surface area (Å²) in [4.78, 5) is 47.5. The Morgan fingerprint density at radius 2 is 1.55 bits per heavy atom. The Balaban J connectivity index is 1.31. The summed E-state index contributed by atoms with van der Waals surface area (Å²) in [6.45, 7) is 4.89. The van der Waals surface area contributed by atoms with Crippen molar-refractivity contribution in [1.82, 2.24) is 14.7 Å². The predicted octanol–water partition coefficient (Wildman–Crippen LogP) is 4.92. The minimum absolute atomic E-state index is 0.00347. The number of hydrogen-bond donors (Lipinski definition) is 1. The molecular formula is C28H33Cl2N5O3. The van der Waals surface area contributed by atoms with Gasteiger partial charge < -0.3 is 24.9 Å². The Kier molecular flexibility index (Phi) is 7.73. The lowest BCUT2D eigenvalue weighted by molar-refractivity contribution is -0.141. The van der Waals surface area contributed by atoms with Crippen LogP contribution in [0.15, 0.2) is 48.5 Å². The number of likely N-dealkylation sites (tertiary alicyclic amines) is 2. The van der Waals surface area contributed by atoms with Gasteiger partial charge in [-0.3, -0.25) is 9.59 Å². The summed E-state index contributed by atoms with van der Waals surface area (Å²) in [5.41, 5.74) is 0.501. The van der Waals surface area contributed by atoms with Gasteiger partial charge in [0.15, 0.2) is 0 Å². The summed E-state index contributed by atoms with van der Waals surface area (Å²) in [7, 11) is 0. The van der Waals surface area contributed by atoms with Crippen molar-refractivity contribution in [1.29, 1.82) is 0 Å². The van der Waals surface area contributed by atoms with Crippen molar-refractivity contribution in [3.05, 3.63) is 58.6 Å². The van der Waals surface area contributed by atoms with E-state index in [9.17, 15) is 14.4 Å². The van der Waals surface area contributed by atoms with Crippen molar-refractivity contribution in [2.45, 2.75) is 38.1 Å². The number of carbonyl (C=O) groups is 3. The molecule has 0 radical (unpaired) electrons. The molecule has 3 aliphatic heterocycles. The number of hydrogen-bond acceptors (Lipinski definition) is 4. The van der Waals surface area contributed by atoms with Crippen molar-refractivity contribution in [3.8, 4) is 0 Å². The van der Waals surface area contributed by atoms with Gasteiger partial charge in [-0.05, 0) is 55.9 Å². The van der Waals surface area contributed by atoms with Crippen LogP contribution in [0.4, 0.5) is 16.2 Å². The van der Waals surface area contributed by atoms with Crippen LogP contribution in [0.5, 0.6) is 0 Å². The molecule has 0 bridgehead atoms. The highest BCUT2D eigenvalue weighted by molar-refractivity contribution is 6.39. The maximum Gasteiger partial charge on any atom is 0.321 e. The van der Waals surface area contributed by atoms with E-state index in [-0.39, 0.29) is 24.4 Å². The lowest BCUT2D eigenvalue weighted by Crippen LogP contribution is -2.58. The molecule has 8 nitrogen and oxygen atoms in total. The van der Waals surface area contributed by atoms with E-state index in [0.717, 1.165) is 31.6 Å². The molecule has 3 aliphatic rings. The molecule has 1 N–H and O–H groups in total. The van der Waals surface area contributed by atoms with Gasteiger partial charge >= 0.3 is 6.03 Å². The molecule has 0 aromatic heterocycles. The molecule has 5 rings (SSSR count). The fraction of sp³-hybridized carbons (Fsp3) is 0.464. The van der Waals surface area contributed by atoms with Gasteiger partial charge in [-0.25, -0.2) is 4.79 Å². The minimum atomic E-state index is -0.809. The average molecular weight is 559 g/mol. The summed E-state index contributed by atoms with van der Waals surface area (Å²) in [5.74, 6) is 0.582. The van der Waals surface area contributed by atoms with E-state index in [4.69, 9.17) is 23.2 Å². The van der Waals surface area contributed by atoms with Gasteiger partial charge in [-0.1, -0.05) is 54.4 Å². The third kappa shape index (κ3) is 5.16. The van der Waals surface area contributed by atoms with Crippen LogP contribution in [-0.4, -0.2) is 77.5 Å². The lowest BCUT2D eigenvalue weighted by Gasteiger charge is -2.43. The van der Waals surface area contributed by atoms with Gasteiger partial charge in [-0.15, -0.1) is 0 Å². The summed E-state index contributed by atoms with van der Waals surface area (Å²) < 4.78 is 0. The smallest absolute Gasteiger partial charge is 0.321 e. The Morgan fingerprint density at radius 3 is 2.18 bits per heavy atom. The first kappa shape index (κ1) is 26.6. The number of para-hydroxylation sites is 2. The molecule has 0 saturated carbocycles. The van der Waals surface area contributed by atoms with Crippen molar-refractivity contribution < 1.29 is 14.4 Å². The SMILES string of the molecule is CC1CCN(C(=O)CN2CN(c3ccccc3)C3(CCN(C(=O)Nc4c(Cl)cccc4Cl)CC3)C2=O)CC1. The molecule has 3 fully saturated rings. The highest BCUT2D eigenvalue weighted by atomic mass is 35.5. The number of piperidine rings is 2. The summed E-state index contributed by atoms with van der Waals surface area (Å²) in [6, 6.07) is 14.6. The third-order valence-corrected chi connectivity index (χ3v) is 8.75. The molecule has 2 aromatic carbocycles. The van der Waals surface area contributed by atoms with E-state index < -0.39 is 5.54 Å². The highest BCUT2D eigenvalue weighted by Crippen LogP contribution is 2.40. The summed E-state index contributed by atoms with van der Waals surface area (Å²) in [6.07, 6.45) is 2.90. The minimum Gasteiger partial charge on any atom is -0.341 e. The van der Waals surface area contributed by atoms with Gasteiger partial charge in [0.1, 0.15) is 12.1 Å². The molecule has 4 amide bonds. The number of nitrogens with one attached hydrogen (secondary N) is 1. The summed E-state index contributed by atoms with van der Waals surface area (Å²) in [5, 5.41) is 3.55. The van der Waals surface area contributed by atoms with Crippen LogP contribution in [-0.2, 0) is 9.59 Å². The number of rotatable bonds is 4. The first-order chi connectivity index (χ1) is 18.3. The number of nitrogens with zero attached hydrogens (tertiary/aromatic N) is 4. The number of amides is 4. The van der Waals surface area contributed by atoms with Crippen LogP contribution in [0.1, 0.15) is 32.6 Å². The average Bonchev–Trinajstić information content (AvgIpc) is 3.18. The third-order valence-electron chi connectivity index (χ3n) is 8.12. The van der Waals surface area contributed by atoms with Crippen molar-refractivity contribution in [2.75, 3.05) is 49.6 Å². The van der Waals surface area contributed by atoms with Crippen LogP contribution >= 0.6 is 23.2 Å². The van der Waals surface area contributed by atoms with E-state index in [0.29, 0.717) is 54.3 Å². The van der Waals surface area contributed by atoms with E-state index >= 15 is 0 Å². The fourth-order valence-electron chi connectivity index (χ4n) is 5.73. The molecule has 2 aromatic rings. The molecule has 3 heterocycles. The predicted molar refractivity (Wildman–Crippen MR) is 149 cm³/mol. The second-order valence-electron chi connectivity index (χ2n) is 10.5. The van der Waals surface area contributed by atoms with Crippen molar-refractivity contribution in [2.24, 2.45) is 5.92 Å². The first-order valence-electron chi connectivity index (χ1n) is 13.2. The maximum atomic E-state index is 14.0. The zero-order chi connectivity index (χ0) is 26.9. The normalized spacial score (nSPS) is 19.8. The molecule has 3 saturated heterocycles.